The van der Waals surface area contributed by atoms with Gasteiger partial charge < -0.3 is 19.2 Å². The summed E-state index contributed by atoms with van der Waals surface area (Å²) in [6, 6.07) is 9.34. The first-order valence-corrected chi connectivity index (χ1v) is 11.9. The first-order valence-electron chi connectivity index (χ1n) is 11.5. The number of hydrogen-bond donors (Lipinski definition) is 0. The minimum atomic E-state index is -5.21. The second kappa shape index (κ2) is 10.9. The number of nitrogens with zero attached hydrogens (tertiary/aromatic N) is 3. The number of aromatic nitrogens is 2. The van der Waals surface area contributed by atoms with Gasteiger partial charge in [-0.15, -0.1) is 5.10 Å². The van der Waals surface area contributed by atoms with Crippen molar-refractivity contribution in [1.29, 1.82) is 0 Å². The molecular weight excluding hydrogens is 518 g/mol. The fourth-order valence-electron chi connectivity index (χ4n) is 4.58. The van der Waals surface area contributed by atoms with Gasteiger partial charge in [0.1, 0.15) is 17.4 Å². The van der Waals surface area contributed by atoms with Gasteiger partial charge in [0.2, 0.25) is 0 Å². The lowest BCUT2D eigenvalue weighted by atomic mass is 9.73. The second-order valence-electron chi connectivity index (χ2n) is 9.17. The fourth-order valence-corrected chi connectivity index (χ4v) is 4.82. The van der Waals surface area contributed by atoms with Gasteiger partial charge in [-0.3, -0.25) is 0 Å². The molecule has 2 heterocycles. The molecule has 0 saturated carbocycles. The van der Waals surface area contributed by atoms with E-state index in [2.05, 4.69) is 14.8 Å². The molecule has 2 aromatic carbocycles. The number of carbonyl (C=O) groups excluding carboxylic acids is 1. The zero-order valence-electron chi connectivity index (χ0n) is 20.2. The van der Waals surface area contributed by atoms with E-state index < -0.39 is 23.7 Å². The largest absolute Gasteiger partial charge is 0.493 e. The Kier molecular flexibility index (Phi) is 8.08. The number of halogens is 5. The Morgan fingerprint density at radius 3 is 2.49 bits per heavy atom. The molecule has 0 bridgehead atoms. The molecule has 1 atom stereocenters. The van der Waals surface area contributed by atoms with Gasteiger partial charge in [0.05, 0.1) is 19.4 Å². The lowest BCUT2D eigenvalue weighted by Gasteiger charge is -2.41. The molecule has 0 radical (unpaired) electrons. The predicted octanol–water partition coefficient (Wildman–Crippen LogP) is 4.71. The topological polar surface area (TPSA) is 65.8 Å². The van der Waals surface area contributed by atoms with E-state index in [1.807, 2.05) is 7.05 Å². The van der Waals surface area contributed by atoms with Crippen LogP contribution in [0.1, 0.15) is 30.1 Å². The van der Waals surface area contributed by atoms with E-state index in [0.717, 1.165) is 31.5 Å². The number of rotatable bonds is 8. The van der Waals surface area contributed by atoms with Crippen molar-refractivity contribution in [2.24, 2.45) is 0 Å². The summed E-state index contributed by atoms with van der Waals surface area (Å²) in [5.41, 5.74) is 0.952. The Hall–Kier alpha value is -2.73. The summed E-state index contributed by atoms with van der Waals surface area (Å²) in [6.45, 7) is 1.87. The molecule has 1 unspecified atom stereocenters. The maximum atomic E-state index is 13.7. The molecule has 0 amide bonds. The van der Waals surface area contributed by atoms with Crippen LogP contribution in [0.4, 0.5) is 17.6 Å². The Morgan fingerprint density at radius 2 is 1.86 bits per heavy atom. The number of methoxy groups -OCH3 is 1. The van der Waals surface area contributed by atoms with E-state index >= 15 is 0 Å². The average molecular weight is 544 g/mol. The minimum Gasteiger partial charge on any atom is -0.382 e. The lowest BCUT2D eigenvalue weighted by Crippen LogP contribution is -2.44. The molecule has 1 aliphatic rings. The van der Waals surface area contributed by atoms with Gasteiger partial charge in [0.15, 0.2) is 0 Å². The summed E-state index contributed by atoms with van der Waals surface area (Å²) in [4.78, 5) is 18.7. The highest BCUT2D eigenvalue weighted by Crippen LogP contribution is 2.38. The highest BCUT2D eigenvalue weighted by atomic mass is 35.5. The summed E-state index contributed by atoms with van der Waals surface area (Å²) >= 11 is 6.30. The summed E-state index contributed by atoms with van der Waals surface area (Å²) in [6.07, 6.45) is -3.25. The second-order valence-corrected chi connectivity index (χ2v) is 9.61. The van der Waals surface area contributed by atoms with Crippen LogP contribution in [0, 0.1) is 5.82 Å². The van der Waals surface area contributed by atoms with E-state index in [1.165, 1.54) is 37.6 Å². The van der Waals surface area contributed by atoms with Crippen LogP contribution < -0.4 is 4.84 Å². The highest BCUT2D eigenvalue weighted by Gasteiger charge is 2.43. The van der Waals surface area contributed by atoms with Crippen LogP contribution >= 0.6 is 11.6 Å². The third-order valence-corrected chi connectivity index (χ3v) is 6.87. The van der Waals surface area contributed by atoms with Gasteiger partial charge in [0, 0.05) is 28.5 Å². The molecule has 1 aliphatic heterocycles. The number of ether oxygens (including phenoxy) is 2. The van der Waals surface area contributed by atoms with Crippen LogP contribution in [0.25, 0.3) is 10.9 Å². The average Bonchev–Trinajstić information content (AvgIpc) is 3.24. The summed E-state index contributed by atoms with van der Waals surface area (Å²) in [5.74, 6) is -2.75. The number of likely N-dealkylation sites (tertiary alicyclic amines) is 1. The third kappa shape index (κ3) is 6.06. The molecular formula is C25H26ClF4N3O4. The van der Waals surface area contributed by atoms with Gasteiger partial charge in [-0.2, -0.15) is 13.2 Å². The number of hydrogen-bond acceptors (Lipinski definition) is 6. The molecule has 0 N–H and O–H groups in total. The Balaban J connectivity index is 1.69. The van der Waals surface area contributed by atoms with Crippen molar-refractivity contribution in [3.8, 4) is 0 Å². The van der Waals surface area contributed by atoms with Gasteiger partial charge in [-0.25, -0.2) is 9.18 Å². The van der Waals surface area contributed by atoms with Gasteiger partial charge in [-0.1, -0.05) is 28.6 Å². The summed E-state index contributed by atoms with van der Waals surface area (Å²) in [5, 5.41) is 4.45. The molecule has 0 spiro atoms. The van der Waals surface area contributed by atoms with E-state index in [9.17, 15) is 22.4 Å². The molecule has 0 aliphatic carbocycles. The molecule has 37 heavy (non-hydrogen) atoms. The van der Waals surface area contributed by atoms with Crippen LogP contribution in [0.2, 0.25) is 5.02 Å². The molecule has 1 saturated heterocycles. The molecule has 12 heteroatoms. The number of fused-ring (bicyclic) bond motifs is 1. The van der Waals surface area contributed by atoms with Crippen molar-refractivity contribution in [3.63, 3.8) is 0 Å². The van der Waals surface area contributed by atoms with Crippen molar-refractivity contribution < 1.29 is 36.7 Å². The van der Waals surface area contributed by atoms with Crippen LogP contribution in [-0.2, 0) is 19.7 Å². The maximum absolute atomic E-state index is 13.7. The van der Waals surface area contributed by atoms with E-state index in [0.29, 0.717) is 20.8 Å². The smallest absolute Gasteiger partial charge is 0.382 e. The van der Waals surface area contributed by atoms with Gasteiger partial charge >= 0.3 is 12.1 Å². The summed E-state index contributed by atoms with van der Waals surface area (Å²) < 4.78 is 64.0. The fraction of sp³-hybridized carbons (Fsp3) is 0.440. The maximum Gasteiger partial charge on any atom is 0.493 e. The van der Waals surface area contributed by atoms with Crippen molar-refractivity contribution in [3.05, 3.63) is 64.6 Å². The predicted molar refractivity (Wildman–Crippen MR) is 128 cm³/mol. The molecule has 1 aromatic heterocycles. The van der Waals surface area contributed by atoms with Crippen molar-refractivity contribution in [1.82, 2.24) is 14.8 Å². The molecule has 4 rings (SSSR count). The third-order valence-electron chi connectivity index (χ3n) is 6.65. The zero-order chi connectivity index (χ0) is 26.8. The van der Waals surface area contributed by atoms with Crippen LogP contribution in [0.3, 0.4) is 0 Å². The van der Waals surface area contributed by atoms with Crippen molar-refractivity contribution in [2.75, 3.05) is 40.5 Å². The van der Waals surface area contributed by atoms with Crippen molar-refractivity contribution in [2.45, 2.75) is 30.5 Å². The number of carbonyl (C=O) groups is 1. The van der Waals surface area contributed by atoms with E-state index in [-0.39, 0.29) is 24.5 Å². The molecule has 7 nitrogen and oxygen atoms in total. The molecule has 1 fully saturated rings. The zero-order valence-corrected chi connectivity index (χ0v) is 21.0. The number of piperidine rings is 1. The van der Waals surface area contributed by atoms with E-state index in [1.54, 1.807) is 12.1 Å². The number of benzene rings is 2. The first kappa shape index (κ1) is 27.3. The van der Waals surface area contributed by atoms with Crippen LogP contribution in [0.15, 0.2) is 42.6 Å². The van der Waals surface area contributed by atoms with Gasteiger partial charge in [0.25, 0.3) is 0 Å². The van der Waals surface area contributed by atoms with Crippen LogP contribution in [0.5, 0.6) is 0 Å². The molecule has 3 aromatic rings. The highest BCUT2D eigenvalue weighted by molar-refractivity contribution is 6.31. The minimum absolute atomic E-state index is 0.0350. The quantitative estimate of drug-likeness (QED) is 0.383. The first-order chi connectivity index (χ1) is 17.5. The Bertz CT molecular complexity index is 1240. The van der Waals surface area contributed by atoms with Crippen molar-refractivity contribution >= 4 is 28.5 Å². The standard InChI is InChI=1S/C25H26ClF4N3O4/c1-32-9-7-24(8-10-32,17-3-5-19(27)6-4-17)15-36-21(14-35-2)20-12-18(26)11-16-13-31-33(22(16)20)37-23(34)25(28,29)30/h3-6,11-13,21H,7-10,14-15H2,1-2H3. The SMILES string of the molecule is COCC(OCC1(c2ccc(F)cc2)CCN(C)CC1)c1cc(Cl)cc2cnn(OC(=O)C(F)(F)F)c12. The molecule has 200 valence electrons. The van der Waals surface area contributed by atoms with E-state index in [4.69, 9.17) is 21.1 Å². The number of alkyl halides is 3. The van der Waals surface area contributed by atoms with Crippen LogP contribution in [-0.4, -0.2) is 67.5 Å². The van der Waals surface area contributed by atoms with Gasteiger partial charge in [-0.05, 0) is 62.8 Å². The summed E-state index contributed by atoms with van der Waals surface area (Å²) in [7, 11) is 3.49. The normalized spacial score (nSPS) is 17.2. The Morgan fingerprint density at radius 1 is 1.19 bits per heavy atom. The Labute approximate surface area is 215 Å². The monoisotopic (exact) mass is 543 g/mol. The lowest BCUT2D eigenvalue weighted by molar-refractivity contribution is -0.200.